The van der Waals surface area contributed by atoms with Crippen molar-refractivity contribution in [2.24, 2.45) is 5.92 Å². The second-order valence-electron chi connectivity index (χ2n) is 10.2. The number of hydrogen-bond donors (Lipinski definition) is 0. The molecule has 0 aromatic heterocycles. The maximum atomic E-state index is 13.9. The molecule has 208 valence electrons. The highest BCUT2D eigenvalue weighted by Gasteiger charge is 2.29. The van der Waals surface area contributed by atoms with Crippen molar-refractivity contribution in [2.75, 3.05) is 31.4 Å². The number of rotatable bonds is 8. The Bertz CT molecular complexity index is 1390. The van der Waals surface area contributed by atoms with Gasteiger partial charge in [0.25, 0.3) is 5.91 Å². The topological polar surface area (TPSA) is 85.4 Å². The number of nitrogens with zero attached hydrogens (tertiary/aromatic N) is 2. The van der Waals surface area contributed by atoms with E-state index in [4.69, 9.17) is 14.2 Å². The van der Waals surface area contributed by atoms with Gasteiger partial charge in [-0.05, 0) is 68.1 Å². The highest BCUT2D eigenvalue weighted by molar-refractivity contribution is 6.06. The zero-order valence-electron chi connectivity index (χ0n) is 22.9. The van der Waals surface area contributed by atoms with Crippen molar-refractivity contribution in [1.82, 2.24) is 4.90 Å². The molecule has 1 atom stereocenters. The molecule has 2 aliphatic rings. The smallest absolute Gasteiger partial charge is 0.310 e. The Morgan fingerprint density at radius 1 is 0.975 bits per heavy atom. The molecular weight excluding hydrogens is 508 g/mol. The summed E-state index contributed by atoms with van der Waals surface area (Å²) in [5.41, 5.74) is 4.10. The van der Waals surface area contributed by atoms with Gasteiger partial charge in [-0.3, -0.25) is 14.4 Å². The van der Waals surface area contributed by atoms with Crippen molar-refractivity contribution < 1.29 is 28.6 Å². The Hall–Kier alpha value is -4.33. The second kappa shape index (κ2) is 12.2. The van der Waals surface area contributed by atoms with Crippen LogP contribution < -0.4 is 14.4 Å². The second-order valence-corrected chi connectivity index (χ2v) is 10.2. The van der Waals surface area contributed by atoms with Crippen LogP contribution >= 0.6 is 0 Å². The number of piperidine rings is 1. The fraction of sp³-hybridized carbons (Fsp3) is 0.344. The van der Waals surface area contributed by atoms with Gasteiger partial charge >= 0.3 is 5.97 Å². The first-order valence-electron chi connectivity index (χ1n) is 13.7. The van der Waals surface area contributed by atoms with E-state index in [-0.39, 0.29) is 36.9 Å². The zero-order chi connectivity index (χ0) is 28.1. The number of aryl methyl sites for hydroxylation is 1. The summed E-state index contributed by atoms with van der Waals surface area (Å²) in [7, 11) is 0. The molecule has 3 aromatic carbocycles. The molecule has 3 aromatic rings. The highest BCUT2D eigenvalue weighted by atomic mass is 16.7. The van der Waals surface area contributed by atoms with Crippen LogP contribution in [-0.2, 0) is 27.3 Å². The summed E-state index contributed by atoms with van der Waals surface area (Å²) in [6.07, 6.45) is 1.68. The molecule has 0 saturated carbocycles. The van der Waals surface area contributed by atoms with Crippen molar-refractivity contribution >= 4 is 23.5 Å². The average molecular weight is 543 g/mol. The summed E-state index contributed by atoms with van der Waals surface area (Å²) in [5, 5.41) is 0. The molecule has 0 bridgehead atoms. The minimum Gasteiger partial charge on any atom is -0.466 e. The van der Waals surface area contributed by atoms with Crippen molar-refractivity contribution in [3.8, 4) is 11.5 Å². The quantitative estimate of drug-likeness (QED) is 0.376. The van der Waals surface area contributed by atoms with Gasteiger partial charge in [-0.1, -0.05) is 42.0 Å². The first-order valence-corrected chi connectivity index (χ1v) is 13.7. The number of benzene rings is 3. The van der Waals surface area contributed by atoms with Crippen LogP contribution in [-0.4, -0.2) is 49.2 Å². The van der Waals surface area contributed by atoms with E-state index >= 15 is 0 Å². The van der Waals surface area contributed by atoms with E-state index in [0.29, 0.717) is 49.0 Å². The van der Waals surface area contributed by atoms with Gasteiger partial charge in [0.1, 0.15) is 0 Å². The van der Waals surface area contributed by atoms with Crippen LogP contribution in [0.5, 0.6) is 11.5 Å². The van der Waals surface area contributed by atoms with E-state index in [0.717, 1.165) is 29.5 Å². The van der Waals surface area contributed by atoms with Crippen molar-refractivity contribution in [2.45, 2.75) is 39.7 Å². The largest absolute Gasteiger partial charge is 0.466 e. The van der Waals surface area contributed by atoms with E-state index in [1.54, 1.807) is 34.9 Å². The standard InChI is InChI=1S/C32H34N2O6/c1-3-38-32(37)26-7-5-15-33(20-26)30(35)17-24-6-4-8-27(16-24)34(19-23-11-9-22(2)10-12-23)31(36)25-13-14-28-29(18-25)40-21-39-28/h4,6,8-14,16,18,26H,3,5,7,15,17,19-21H2,1-2H3/t26-/m0/s1. The third-order valence-electron chi connectivity index (χ3n) is 7.30. The average Bonchev–Trinajstić information content (AvgIpc) is 3.45. The lowest BCUT2D eigenvalue weighted by atomic mass is 9.97. The van der Waals surface area contributed by atoms with Crippen molar-refractivity contribution in [3.63, 3.8) is 0 Å². The van der Waals surface area contributed by atoms with Gasteiger partial charge in [-0.15, -0.1) is 0 Å². The Labute approximate surface area is 234 Å². The number of carbonyl (C=O) groups excluding carboxylic acids is 3. The monoisotopic (exact) mass is 542 g/mol. The first kappa shape index (κ1) is 27.2. The van der Waals surface area contributed by atoms with Gasteiger partial charge < -0.3 is 24.0 Å². The lowest BCUT2D eigenvalue weighted by molar-refractivity contribution is -0.151. The Kier molecular flexibility index (Phi) is 8.34. The first-order chi connectivity index (χ1) is 19.4. The molecule has 2 heterocycles. The van der Waals surface area contributed by atoms with E-state index in [2.05, 4.69) is 0 Å². The predicted octanol–water partition coefficient (Wildman–Crippen LogP) is 4.91. The predicted molar refractivity (Wildman–Crippen MR) is 150 cm³/mol. The van der Waals surface area contributed by atoms with Crippen LogP contribution in [0.15, 0.2) is 66.7 Å². The number of esters is 1. The highest BCUT2D eigenvalue weighted by Crippen LogP contribution is 2.33. The minimum absolute atomic E-state index is 0.0432. The number of hydrogen-bond acceptors (Lipinski definition) is 6. The van der Waals surface area contributed by atoms with Crippen LogP contribution in [0.3, 0.4) is 0 Å². The molecule has 2 amide bonds. The van der Waals surface area contributed by atoms with Gasteiger partial charge in [0.2, 0.25) is 12.7 Å². The van der Waals surface area contributed by atoms with Crippen LogP contribution in [0.2, 0.25) is 0 Å². The number of amides is 2. The molecule has 1 fully saturated rings. The zero-order valence-corrected chi connectivity index (χ0v) is 22.9. The molecule has 5 rings (SSSR count). The maximum Gasteiger partial charge on any atom is 0.310 e. The summed E-state index contributed by atoms with van der Waals surface area (Å²) in [6, 6.07) is 20.8. The lowest BCUT2D eigenvalue weighted by Crippen LogP contribution is -2.43. The summed E-state index contributed by atoms with van der Waals surface area (Å²) in [6.45, 7) is 5.63. The molecule has 8 heteroatoms. The van der Waals surface area contributed by atoms with Crippen LogP contribution in [0.1, 0.15) is 46.8 Å². The summed E-state index contributed by atoms with van der Waals surface area (Å²) >= 11 is 0. The van der Waals surface area contributed by atoms with Crippen LogP contribution in [0.25, 0.3) is 0 Å². The Balaban J connectivity index is 1.37. The molecule has 40 heavy (non-hydrogen) atoms. The third-order valence-corrected chi connectivity index (χ3v) is 7.30. The van der Waals surface area contributed by atoms with Gasteiger partial charge in [0.05, 0.1) is 25.5 Å². The minimum atomic E-state index is -0.284. The number of fused-ring (bicyclic) bond motifs is 1. The molecule has 2 aliphatic heterocycles. The number of ether oxygens (including phenoxy) is 3. The SMILES string of the molecule is CCOC(=O)[C@H]1CCCN(C(=O)Cc2cccc(N(Cc3ccc(C)cc3)C(=O)c3ccc4c(c3)OCO4)c2)C1. The molecule has 0 spiro atoms. The fourth-order valence-electron chi connectivity index (χ4n) is 5.12. The number of carbonyl (C=O) groups is 3. The Morgan fingerprint density at radius 3 is 2.58 bits per heavy atom. The van der Waals surface area contributed by atoms with Gasteiger partial charge in [0.15, 0.2) is 11.5 Å². The molecule has 1 saturated heterocycles. The molecule has 8 nitrogen and oxygen atoms in total. The molecule has 0 unspecified atom stereocenters. The van der Waals surface area contributed by atoms with E-state index in [1.165, 1.54) is 0 Å². The summed E-state index contributed by atoms with van der Waals surface area (Å²) in [5.74, 6) is 0.409. The van der Waals surface area contributed by atoms with E-state index < -0.39 is 0 Å². The molecular formula is C32H34N2O6. The third kappa shape index (κ3) is 6.28. The van der Waals surface area contributed by atoms with Crippen LogP contribution in [0.4, 0.5) is 5.69 Å². The normalized spacial score (nSPS) is 15.9. The van der Waals surface area contributed by atoms with Crippen LogP contribution in [0, 0.1) is 12.8 Å². The fourth-order valence-corrected chi connectivity index (χ4v) is 5.12. The lowest BCUT2D eigenvalue weighted by Gasteiger charge is -2.31. The number of likely N-dealkylation sites (tertiary alicyclic amines) is 1. The van der Waals surface area contributed by atoms with Gasteiger partial charge in [-0.2, -0.15) is 0 Å². The van der Waals surface area contributed by atoms with Crippen molar-refractivity contribution in [3.05, 3.63) is 89.0 Å². The number of anilines is 1. The molecule has 0 aliphatic carbocycles. The summed E-state index contributed by atoms with van der Waals surface area (Å²) < 4.78 is 16.1. The Morgan fingerprint density at radius 2 is 1.77 bits per heavy atom. The van der Waals surface area contributed by atoms with Gasteiger partial charge in [-0.25, -0.2) is 0 Å². The molecule has 0 radical (unpaired) electrons. The van der Waals surface area contributed by atoms with Crippen molar-refractivity contribution in [1.29, 1.82) is 0 Å². The van der Waals surface area contributed by atoms with E-state index in [9.17, 15) is 14.4 Å². The summed E-state index contributed by atoms with van der Waals surface area (Å²) in [4.78, 5) is 42.8. The van der Waals surface area contributed by atoms with E-state index in [1.807, 2.05) is 55.5 Å². The molecule has 0 N–H and O–H groups in total. The van der Waals surface area contributed by atoms with Gasteiger partial charge in [0, 0.05) is 24.3 Å². The maximum absolute atomic E-state index is 13.9.